The molecule has 0 aliphatic carbocycles. The van der Waals surface area contributed by atoms with Crippen LogP contribution in [0.15, 0.2) is 11.4 Å². The van der Waals surface area contributed by atoms with E-state index in [9.17, 15) is 4.79 Å². The Bertz CT molecular complexity index is 225. The van der Waals surface area contributed by atoms with Gasteiger partial charge in [-0.15, -0.1) is 11.3 Å². The van der Waals surface area contributed by atoms with Gasteiger partial charge in [0.05, 0.1) is 4.88 Å². The number of hydrogen-bond acceptors (Lipinski definition) is 2. The maximum atomic E-state index is 10.7. The number of Topliss-reactive ketones (excluding diaryl/α,β-unsaturated/α-hetero) is 1. The summed E-state index contributed by atoms with van der Waals surface area (Å²) in [6.45, 7) is 3.58. The van der Waals surface area contributed by atoms with Crippen molar-refractivity contribution in [2.45, 2.75) is 13.8 Å². The Balaban J connectivity index is 2.98. The van der Waals surface area contributed by atoms with Gasteiger partial charge in [-0.1, -0.05) is 0 Å². The monoisotopic (exact) mass is 140 g/mol. The van der Waals surface area contributed by atoms with Crippen molar-refractivity contribution in [2.75, 3.05) is 0 Å². The summed E-state index contributed by atoms with van der Waals surface area (Å²) in [5, 5.41) is 1.98. The second kappa shape index (κ2) is 2.31. The quantitative estimate of drug-likeness (QED) is 0.547. The lowest BCUT2D eigenvalue weighted by atomic mass is 10.3. The number of hydrogen-bond donors (Lipinski definition) is 0. The minimum absolute atomic E-state index is 0.160. The zero-order valence-electron chi connectivity index (χ0n) is 5.47. The third-order valence-electron chi connectivity index (χ3n) is 1.08. The van der Waals surface area contributed by atoms with Crippen molar-refractivity contribution in [2.24, 2.45) is 0 Å². The fourth-order valence-corrected chi connectivity index (χ4v) is 1.42. The van der Waals surface area contributed by atoms with Crippen LogP contribution in [0.2, 0.25) is 0 Å². The largest absolute Gasteiger partial charge is 0.294 e. The molecule has 2 heteroatoms. The molecule has 1 heterocycles. The SMILES string of the molecule is CC(=O)c1cc(C)cs1. The van der Waals surface area contributed by atoms with Gasteiger partial charge in [0.1, 0.15) is 0 Å². The van der Waals surface area contributed by atoms with Gasteiger partial charge in [0.15, 0.2) is 5.78 Å². The molecule has 0 saturated heterocycles. The zero-order valence-corrected chi connectivity index (χ0v) is 6.29. The third kappa shape index (κ3) is 1.39. The molecular weight excluding hydrogens is 132 g/mol. The van der Waals surface area contributed by atoms with Crippen LogP contribution in [-0.4, -0.2) is 5.78 Å². The highest BCUT2D eigenvalue weighted by Crippen LogP contribution is 2.13. The normalized spacial score (nSPS) is 9.56. The molecule has 0 atom stereocenters. The first-order chi connectivity index (χ1) is 4.20. The van der Waals surface area contributed by atoms with E-state index in [1.807, 2.05) is 18.4 Å². The summed E-state index contributed by atoms with van der Waals surface area (Å²) >= 11 is 1.51. The van der Waals surface area contributed by atoms with E-state index >= 15 is 0 Å². The van der Waals surface area contributed by atoms with Crippen molar-refractivity contribution in [1.29, 1.82) is 0 Å². The second-order valence-electron chi connectivity index (χ2n) is 2.04. The van der Waals surface area contributed by atoms with Crippen LogP contribution in [0.5, 0.6) is 0 Å². The van der Waals surface area contributed by atoms with Crippen molar-refractivity contribution < 1.29 is 4.79 Å². The predicted octanol–water partition coefficient (Wildman–Crippen LogP) is 2.26. The third-order valence-corrected chi connectivity index (χ3v) is 2.23. The first kappa shape index (κ1) is 6.49. The van der Waals surface area contributed by atoms with Gasteiger partial charge < -0.3 is 0 Å². The van der Waals surface area contributed by atoms with E-state index < -0.39 is 0 Å². The number of ketones is 1. The second-order valence-corrected chi connectivity index (χ2v) is 2.96. The van der Waals surface area contributed by atoms with Gasteiger partial charge in [0.25, 0.3) is 0 Å². The van der Waals surface area contributed by atoms with Gasteiger partial charge in [0, 0.05) is 0 Å². The van der Waals surface area contributed by atoms with Crippen LogP contribution < -0.4 is 0 Å². The summed E-state index contributed by atoms with van der Waals surface area (Å²) in [5.41, 5.74) is 1.17. The molecule has 0 spiro atoms. The molecule has 1 aromatic rings. The van der Waals surface area contributed by atoms with E-state index in [0.29, 0.717) is 0 Å². The van der Waals surface area contributed by atoms with Crippen LogP contribution >= 0.6 is 11.3 Å². The highest BCUT2D eigenvalue weighted by Gasteiger charge is 1.99. The molecule has 9 heavy (non-hydrogen) atoms. The van der Waals surface area contributed by atoms with E-state index in [0.717, 1.165) is 4.88 Å². The lowest BCUT2D eigenvalue weighted by Gasteiger charge is -1.80. The molecule has 1 rings (SSSR count). The smallest absolute Gasteiger partial charge is 0.169 e. The molecule has 0 aliphatic heterocycles. The Hall–Kier alpha value is -0.630. The average Bonchev–Trinajstić information content (AvgIpc) is 2.14. The molecule has 0 fully saturated rings. The van der Waals surface area contributed by atoms with Gasteiger partial charge in [-0.05, 0) is 30.9 Å². The van der Waals surface area contributed by atoms with Gasteiger partial charge in [-0.2, -0.15) is 0 Å². The van der Waals surface area contributed by atoms with Crippen LogP contribution in [0.3, 0.4) is 0 Å². The summed E-state index contributed by atoms with van der Waals surface area (Å²) in [6.07, 6.45) is 0. The maximum absolute atomic E-state index is 10.7. The fraction of sp³-hybridized carbons (Fsp3) is 0.286. The standard InChI is InChI=1S/C7H8OS/c1-5-3-7(6(2)8)9-4-5/h3-4H,1-2H3. The van der Waals surface area contributed by atoms with Gasteiger partial charge >= 0.3 is 0 Å². The maximum Gasteiger partial charge on any atom is 0.169 e. The van der Waals surface area contributed by atoms with Crippen LogP contribution in [0.4, 0.5) is 0 Å². The lowest BCUT2D eigenvalue weighted by Crippen LogP contribution is -1.83. The average molecular weight is 140 g/mol. The van der Waals surface area contributed by atoms with Gasteiger partial charge in [0.2, 0.25) is 0 Å². The minimum atomic E-state index is 0.160. The highest BCUT2D eigenvalue weighted by molar-refractivity contribution is 7.12. The molecule has 0 aromatic carbocycles. The minimum Gasteiger partial charge on any atom is -0.294 e. The van der Waals surface area contributed by atoms with Gasteiger partial charge in [-0.3, -0.25) is 4.79 Å². The Morgan fingerprint density at radius 1 is 1.67 bits per heavy atom. The van der Waals surface area contributed by atoms with Crippen molar-refractivity contribution in [3.63, 3.8) is 0 Å². The van der Waals surface area contributed by atoms with Crippen LogP contribution in [-0.2, 0) is 0 Å². The topological polar surface area (TPSA) is 17.1 Å². The van der Waals surface area contributed by atoms with Crippen LogP contribution in [0, 0.1) is 6.92 Å². The number of thiophene rings is 1. The highest BCUT2D eigenvalue weighted by atomic mass is 32.1. The van der Waals surface area contributed by atoms with Crippen molar-refractivity contribution in [1.82, 2.24) is 0 Å². The number of carbonyl (C=O) groups excluding carboxylic acids is 1. The fourth-order valence-electron chi connectivity index (χ4n) is 0.616. The summed E-state index contributed by atoms with van der Waals surface area (Å²) in [7, 11) is 0. The molecule has 0 aliphatic rings. The van der Waals surface area contributed by atoms with E-state index in [1.165, 1.54) is 16.9 Å². The zero-order chi connectivity index (χ0) is 6.85. The van der Waals surface area contributed by atoms with Crippen molar-refractivity contribution in [3.8, 4) is 0 Å². The Labute approximate surface area is 58.3 Å². The van der Waals surface area contributed by atoms with Crippen LogP contribution in [0.25, 0.3) is 0 Å². The number of rotatable bonds is 1. The van der Waals surface area contributed by atoms with Crippen molar-refractivity contribution in [3.05, 3.63) is 21.9 Å². The lowest BCUT2D eigenvalue weighted by molar-refractivity contribution is 0.102. The Morgan fingerprint density at radius 2 is 2.33 bits per heavy atom. The number of carbonyl (C=O) groups is 1. The van der Waals surface area contributed by atoms with Gasteiger partial charge in [-0.25, -0.2) is 0 Å². The summed E-state index contributed by atoms with van der Waals surface area (Å²) in [6, 6.07) is 1.91. The van der Waals surface area contributed by atoms with Crippen LogP contribution in [0.1, 0.15) is 22.2 Å². The predicted molar refractivity (Wildman–Crippen MR) is 39.1 cm³/mol. The molecule has 0 bridgehead atoms. The molecule has 0 amide bonds. The first-order valence-corrected chi connectivity index (χ1v) is 3.64. The summed E-state index contributed by atoms with van der Waals surface area (Å²) in [5.74, 6) is 0.160. The Morgan fingerprint density at radius 3 is 2.56 bits per heavy atom. The molecule has 1 nitrogen and oxygen atoms in total. The number of aryl methyl sites for hydroxylation is 1. The van der Waals surface area contributed by atoms with E-state index in [1.54, 1.807) is 6.92 Å². The molecule has 0 unspecified atom stereocenters. The van der Waals surface area contributed by atoms with Crippen molar-refractivity contribution >= 4 is 17.1 Å². The molecule has 48 valence electrons. The summed E-state index contributed by atoms with van der Waals surface area (Å²) < 4.78 is 0. The molecule has 0 radical (unpaired) electrons. The summed E-state index contributed by atoms with van der Waals surface area (Å²) in [4.78, 5) is 11.5. The first-order valence-electron chi connectivity index (χ1n) is 2.76. The molecular formula is C7H8OS. The Kier molecular flexibility index (Phi) is 1.67. The molecule has 0 N–H and O–H groups in total. The van der Waals surface area contributed by atoms with E-state index in [2.05, 4.69) is 0 Å². The molecule has 1 aromatic heterocycles. The van der Waals surface area contributed by atoms with E-state index in [-0.39, 0.29) is 5.78 Å². The molecule has 0 saturated carbocycles. The van der Waals surface area contributed by atoms with E-state index in [4.69, 9.17) is 0 Å².